The van der Waals surface area contributed by atoms with E-state index in [1.807, 2.05) is 41.8 Å². The highest BCUT2D eigenvalue weighted by atomic mass is 32.1. The molecule has 0 saturated carbocycles. The van der Waals surface area contributed by atoms with Crippen molar-refractivity contribution in [1.29, 1.82) is 0 Å². The molecule has 0 amide bonds. The van der Waals surface area contributed by atoms with E-state index in [4.69, 9.17) is 4.74 Å². The van der Waals surface area contributed by atoms with Gasteiger partial charge in [0.05, 0.1) is 27.9 Å². The standard InChI is InChI=1S/C21H23N5OS/c1-3-9-26(10-4-2)11-5-12-27-15-6-7-16-18(14-15)23-21(22-16)19-20-17(24-25-19)8-13-28-20/h3-4,6-8,13-14H,1-2,5,9-12H2,(H,22,23)(H,24,25). The molecule has 0 aliphatic heterocycles. The first-order valence-corrected chi connectivity index (χ1v) is 10.1. The van der Waals surface area contributed by atoms with Crippen LogP contribution in [0.25, 0.3) is 32.8 Å². The van der Waals surface area contributed by atoms with Crippen molar-refractivity contribution < 1.29 is 4.74 Å². The lowest BCUT2D eigenvalue weighted by Crippen LogP contribution is -2.26. The molecule has 0 aliphatic carbocycles. The summed E-state index contributed by atoms with van der Waals surface area (Å²) in [6.45, 7) is 10.9. The van der Waals surface area contributed by atoms with Gasteiger partial charge in [0, 0.05) is 25.7 Å². The van der Waals surface area contributed by atoms with Gasteiger partial charge >= 0.3 is 0 Å². The van der Waals surface area contributed by atoms with Crippen molar-refractivity contribution in [2.75, 3.05) is 26.2 Å². The van der Waals surface area contributed by atoms with Gasteiger partial charge in [0.1, 0.15) is 11.4 Å². The van der Waals surface area contributed by atoms with Gasteiger partial charge in [-0.1, -0.05) is 12.2 Å². The molecule has 1 aromatic carbocycles. The molecule has 3 heterocycles. The summed E-state index contributed by atoms with van der Waals surface area (Å²) >= 11 is 1.66. The largest absolute Gasteiger partial charge is 0.493 e. The molecule has 0 aliphatic rings. The Morgan fingerprint density at radius 3 is 2.82 bits per heavy atom. The topological polar surface area (TPSA) is 69.8 Å². The first-order chi connectivity index (χ1) is 13.8. The van der Waals surface area contributed by atoms with Crippen LogP contribution in [0.15, 0.2) is 55.0 Å². The maximum Gasteiger partial charge on any atom is 0.160 e. The molecule has 2 N–H and O–H groups in total. The number of hydrogen-bond donors (Lipinski definition) is 2. The predicted octanol–water partition coefficient (Wildman–Crippen LogP) is 4.61. The lowest BCUT2D eigenvalue weighted by molar-refractivity contribution is 0.262. The van der Waals surface area contributed by atoms with Gasteiger partial charge in [-0.3, -0.25) is 10.00 Å². The Balaban J connectivity index is 1.41. The van der Waals surface area contributed by atoms with Crippen LogP contribution in [0.1, 0.15) is 6.42 Å². The first-order valence-electron chi connectivity index (χ1n) is 9.27. The first kappa shape index (κ1) is 18.5. The van der Waals surface area contributed by atoms with Crippen molar-refractivity contribution in [2.24, 2.45) is 0 Å². The summed E-state index contributed by atoms with van der Waals surface area (Å²) in [5.74, 6) is 1.61. The van der Waals surface area contributed by atoms with E-state index in [0.717, 1.165) is 64.6 Å². The normalized spacial score (nSPS) is 11.5. The summed E-state index contributed by atoms with van der Waals surface area (Å²) in [5, 5.41) is 9.48. The molecule has 0 saturated heterocycles. The molecule has 3 aromatic heterocycles. The highest BCUT2D eigenvalue weighted by molar-refractivity contribution is 7.17. The quantitative estimate of drug-likeness (QED) is 0.305. The van der Waals surface area contributed by atoms with Crippen LogP contribution in [0.4, 0.5) is 0 Å². The fourth-order valence-electron chi connectivity index (χ4n) is 3.20. The number of nitrogens with zero attached hydrogens (tertiary/aromatic N) is 3. The Kier molecular flexibility index (Phi) is 5.55. The maximum absolute atomic E-state index is 5.93. The highest BCUT2D eigenvalue weighted by Crippen LogP contribution is 2.30. The molecular formula is C21H23N5OS. The fraction of sp³-hybridized carbons (Fsp3) is 0.238. The molecule has 0 atom stereocenters. The van der Waals surface area contributed by atoms with E-state index in [1.165, 1.54) is 0 Å². The van der Waals surface area contributed by atoms with Crippen molar-refractivity contribution in [3.8, 4) is 17.3 Å². The number of fused-ring (bicyclic) bond motifs is 2. The van der Waals surface area contributed by atoms with Gasteiger partial charge in [0.15, 0.2) is 5.82 Å². The zero-order valence-corrected chi connectivity index (χ0v) is 16.5. The molecule has 0 bridgehead atoms. The SMILES string of the molecule is C=CCN(CC=C)CCCOc1ccc2nc(-c3n[nH]c4ccsc34)[nH]c2c1. The van der Waals surface area contributed by atoms with Gasteiger partial charge < -0.3 is 9.72 Å². The van der Waals surface area contributed by atoms with E-state index < -0.39 is 0 Å². The second-order valence-electron chi connectivity index (χ2n) is 6.54. The van der Waals surface area contributed by atoms with Crippen LogP contribution >= 0.6 is 11.3 Å². The van der Waals surface area contributed by atoms with Crippen molar-refractivity contribution in [1.82, 2.24) is 25.1 Å². The summed E-state index contributed by atoms with van der Waals surface area (Å²) in [4.78, 5) is 10.3. The number of H-pyrrole nitrogens is 2. The van der Waals surface area contributed by atoms with Crippen LogP contribution in [0.5, 0.6) is 5.75 Å². The second-order valence-corrected chi connectivity index (χ2v) is 7.46. The number of thiophene rings is 1. The number of aromatic nitrogens is 4. The molecule has 144 valence electrons. The molecule has 28 heavy (non-hydrogen) atoms. The van der Waals surface area contributed by atoms with Gasteiger partial charge in [0.2, 0.25) is 0 Å². The third-order valence-electron chi connectivity index (χ3n) is 4.51. The lowest BCUT2D eigenvalue weighted by atomic mass is 10.3. The van der Waals surface area contributed by atoms with E-state index in [-0.39, 0.29) is 0 Å². The Morgan fingerprint density at radius 2 is 2.00 bits per heavy atom. The van der Waals surface area contributed by atoms with Crippen LogP contribution < -0.4 is 4.74 Å². The Hall–Kier alpha value is -2.90. The maximum atomic E-state index is 5.93. The number of rotatable bonds is 10. The molecular weight excluding hydrogens is 370 g/mol. The zero-order valence-electron chi connectivity index (χ0n) is 15.6. The molecule has 6 nitrogen and oxygen atoms in total. The van der Waals surface area contributed by atoms with Gasteiger partial charge in [0.25, 0.3) is 0 Å². The number of benzene rings is 1. The molecule has 0 radical (unpaired) electrons. The molecule has 7 heteroatoms. The van der Waals surface area contributed by atoms with E-state index >= 15 is 0 Å². The molecule has 0 fully saturated rings. The van der Waals surface area contributed by atoms with Crippen LogP contribution in [-0.4, -0.2) is 51.3 Å². The number of aromatic amines is 2. The fourth-order valence-corrected chi connectivity index (χ4v) is 4.03. The molecule has 4 rings (SSSR count). The Labute approximate surface area is 167 Å². The van der Waals surface area contributed by atoms with E-state index in [9.17, 15) is 0 Å². The third-order valence-corrected chi connectivity index (χ3v) is 5.43. The lowest BCUT2D eigenvalue weighted by Gasteiger charge is -2.18. The van der Waals surface area contributed by atoms with Crippen LogP contribution in [0.2, 0.25) is 0 Å². The van der Waals surface area contributed by atoms with Crippen molar-refractivity contribution in [2.45, 2.75) is 6.42 Å². The second kappa shape index (κ2) is 8.41. The van der Waals surface area contributed by atoms with Crippen LogP contribution in [-0.2, 0) is 0 Å². The summed E-state index contributed by atoms with van der Waals surface area (Å²) in [6, 6.07) is 7.96. The van der Waals surface area contributed by atoms with E-state index in [1.54, 1.807) is 11.3 Å². The summed E-state index contributed by atoms with van der Waals surface area (Å²) in [7, 11) is 0. The number of ether oxygens (including phenoxy) is 1. The van der Waals surface area contributed by atoms with Gasteiger partial charge in [-0.2, -0.15) is 5.10 Å². The monoisotopic (exact) mass is 393 g/mol. The minimum Gasteiger partial charge on any atom is -0.493 e. The summed E-state index contributed by atoms with van der Waals surface area (Å²) in [5.41, 5.74) is 3.73. The van der Waals surface area contributed by atoms with Gasteiger partial charge in [-0.25, -0.2) is 4.98 Å². The van der Waals surface area contributed by atoms with Crippen molar-refractivity contribution in [3.63, 3.8) is 0 Å². The van der Waals surface area contributed by atoms with E-state index in [2.05, 4.69) is 38.2 Å². The zero-order chi connectivity index (χ0) is 19.3. The number of imidazole rings is 1. The smallest absolute Gasteiger partial charge is 0.160 e. The van der Waals surface area contributed by atoms with Crippen LogP contribution in [0, 0.1) is 0 Å². The summed E-state index contributed by atoms with van der Waals surface area (Å²) in [6.07, 6.45) is 4.77. The van der Waals surface area contributed by atoms with Crippen LogP contribution in [0.3, 0.4) is 0 Å². The average molecular weight is 394 g/mol. The number of hydrogen-bond acceptors (Lipinski definition) is 5. The highest BCUT2D eigenvalue weighted by Gasteiger charge is 2.13. The van der Waals surface area contributed by atoms with Gasteiger partial charge in [-0.05, 0) is 30.0 Å². The van der Waals surface area contributed by atoms with Crippen molar-refractivity contribution in [3.05, 3.63) is 55.0 Å². The Bertz CT molecular complexity index is 1080. The minimum atomic E-state index is 0.659. The van der Waals surface area contributed by atoms with Gasteiger partial charge in [-0.15, -0.1) is 24.5 Å². The summed E-state index contributed by atoms with van der Waals surface area (Å²) < 4.78 is 7.04. The third kappa shape index (κ3) is 3.85. The number of nitrogens with one attached hydrogen (secondary N) is 2. The molecule has 4 aromatic rings. The predicted molar refractivity (Wildman–Crippen MR) is 116 cm³/mol. The average Bonchev–Trinajstić information content (AvgIpc) is 3.40. The Morgan fingerprint density at radius 1 is 1.14 bits per heavy atom. The van der Waals surface area contributed by atoms with Crippen molar-refractivity contribution >= 4 is 32.6 Å². The minimum absolute atomic E-state index is 0.659. The molecule has 0 spiro atoms. The van der Waals surface area contributed by atoms with E-state index in [0.29, 0.717) is 6.61 Å². The molecule has 0 unspecified atom stereocenters.